The number of nitrogens with one attached hydrogen (secondary N) is 2. The van der Waals surface area contributed by atoms with Gasteiger partial charge in [0.25, 0.3) is 5.91 Å². The molecule has 0 saturated carbocycles. The molecule has 1 aromatic heterocycles. The molecule has 0 atom stereocenters. The molecule has 0 aliphatic carbocycles. The van der Waals surface area contributed by atoms with E-state index in [9.17, 15) is 9.18 Å². The Kier molecular flexibility index (Phi) is 3.88. The maximum Gasteiger partial charge on any atom is 0.288 e. The minimum atomic E-state index is -0.402. The number of rotatable bonds is 3. The first kappa shape index (κ1) is 12.5. The van der Waals surface area contributed by atoms with E-state index in [1.54, 1.807) is 30.3 Å². The van der Waals surface area contributed by atoms with E-state index in [2.05, 4.69) is 31.8 Å². The van der Waals surface area contributed by atoms with E-state index < -0.39 is 5.91 Å². The summed E-state index contributed by atoms with van der Waals surface area (Å²) in [7, 11) is 0. The summed E-state index contributed by atoms with van der Waals surface area (Å²) in [6.45, 7) is 0. The van der Waals surface area contributed by atoms with Gasteiger partial charge in [-0.15, -0.1) is 0 Å². The van der Waals surface area contributed by atoms with Gasteiger partial charge in [0.15, 0.2) is 0 Å². The number of nitrogens with zero attached hydrogens (tertiary/aromatic N) is 1. The number of aromatic nitrogens is 1. The predicted octanol–water partition coefficient (Wildman–Crippen LogP) is 2.74. The van der Waals surface area contributed by atoms with E-state index in [1.807, 2.05) is 0 Å². The molecule has 18 heavy (non-hydrogen) atoms. The summed E-state index contributed by atoms with van der Waals surface area (Å²) < 4.78 is 13.5. The highest BCUT2D eigenvalue weighted by Gasteiger charge is 2.06. The van der Waals surface area contributed by atoms with Gasteiger partial charge < -0.3 is 0 Å². The van der Waals surface area contributed by atoms with Crippen LogP contribution in [0.5, 0.6) is 0 Å². The Morgan fingerprint density at radius 1 is 1.22 bits per heavy atom. The second kappa shape index (κ2) is 5.59. The van der Waals surface area contributed by atoms with Crippen LogP contribution in [0.15, 0.2) is 47.1 Å². The lowest BCUT2D eigenvalue weighted by molar-refractivity contribution is 0.0957. The SMILES string of the molecule is O=C(NNc1cccc(F)c1)c1cccc(Br)n1. The molecule has 0 aliphatic rings. The second-order valence-corrected chi connectivity index (χ2v) is 4.25. The van der Waals surface area contributed by atoms with Gasteiger partial charge >= 0.3 is 0 Å². The van der Waals surface area contributed by atoms with Crippen LogP contribution in [-0.4, -0.2) is 10.9 Å². The molecule has 4 nitrogen and oxygen atoms in total. The molecule has 0 saturated heterocycles. The van der Waals surface area contributed by atoms with Gasteiger partial charge in [-0.2, -0.15) is 0 Å². The summed E-state index contributed by atoms with van der Waals surface area (Å²) in [5, 5.41) is 0. The minimum Gasteiger partial charge on any atom is -0.298 e. The number of anilines is 1. The van der Waals surface area contributed by atoms with E-state index in [4.69, 9.17) is 0 Å². The van der Waals surface area contributed by atoms with Gasteiger partial charge in [-0.25, -0.2) is 9.37 Å². The maximum atomic E-state index is 12.9. The average Bonchev–Trinajstić information content (AvgIpc) is 2.36. The Morgan fingerprint density at radius 2 is 2.00 bits per heavy atom. The number of amides is 1. The lowest BCUT2D eigenvalue weighted by Gasteiger charge is -2.08. The molecule has 2 N–H and O–H groups in total. The highest BCUT2D eigenvalue weighted by Crippen LogP contribution is 2.08. The molecule has 92 valence electrons. The minimum absolute atomic E-state index is 0.258. The standard InChI is InChI=1S/C12H9BrFN3O/c13-11-6-2-5-10(15-11)12(18)17-16-9-4-1-3-8(14)7-9/h1-7,16H,(H,17,18). The zero-order valence-electron chi connectivity index (χ0n) is 9.15. The number of halogens is 2. The lowest BCUT2D eigenvalue weighted by atomic mass is 10.3. The molecule has 0 spiro atoms. The number of benzene rings is 1. The van der Waals surface area contributed by atoms with Crippen LogP contribution in [0.4, 0.5) is 10.1 Å². The number of hydrogen-bond donors (Lipinski definition) is 2. The van der Waals surface area contributed by atoms with Crippen molar-refractivity contribution < 1.29 is 9.18 Å². The molecule has 0 aliphatic heterocycles. The van der Waals surface area contributed by atoms with Crippen LogP contribution in [0.3, 0.4) is 0 Å². The molecule has 0 bridgehead atoms. The molecular weight excluding hydrogens is 301 g/mol. The third kappa shape index (κ3) is 3.27. The van der Waals surface area contributed by atoms with Gasteiger partial charge in [0, 0.05) is 0 Å². The van der Waals surface area contributed by atoms with Crippen molar-refractivity contribution in [3.63, 3.8) is 0 Å². The van der Waals surface area contributed by atoms with Crippen LogP contribution in [-0.2, 0) is 0 Å². The number of carbonyl (C=O) groups excluding carboxylic acids is 1. The zero-order valence-corrected chi connectivity index (χ0v) is 10.7. The summed E-state index contributed by atoms with van der Waals surface area (Å²) in [5.41, 5.74) is 5.75. The second-order valence-electron chi connectivity index (χ2n) is 3.44. The van der Waals surface area contributed by atoms with E-state index in [0.717, 1.165) is 0 Å². The van der Waals surface area contributed by atoms with Crippen molar-refractivity contribution in [2.75, 3.05) is 5.43 Å². The highest BCUT2D eigenvalue weighted by atomic mass is 79.9. The Labute approximate surface area is 111 Å². The molecule has 0 fully saturated rings. The largest absolute Gasteiger partial charge is 0.298 e. The van der Waals surface area contributed by atoms with Crippen LogP contribution in [0.25, 0.3) is 0 Å². The molecule has 2 aromatic rings. The lowest BCUT2D eigenvalue weighted by Crippen LogP contribution is -2.30. The van der Waals surface area contributed by atoms with E-state index >= 15 is 0 Å². The van der Waals surface area contributed by atoms with Crippen LogP contribution < -0.4 is 10.9 Å². The van der Waals surface area contributed by atoms with Crippen molar-refractivity contribution in [1.82, 2.24) is 10.4 Å². The number of hydrazine groups is 1. The quantitative estimate of drug-likeness (QED) is 0.677. The Morgan fingerprint density at radius 3 is 2.72 bits per heavy atom. The first-order chi connectivity index (χ1) is 8.65. The fraction of sp³-hybridized carbons (Fsp3) is 0. The van der Waals surface area contributed by atoms with Gasteiger partial charge in [0.1, 0.15) is 16.1 Å². The van der Waals surface area contributed by atoms with Crippen LogP contribution in [0, 0.1) is 5.82 Å². The summed E-state index contributed by atoms with van der Waals surface area (Å²) in [6, 6.07) is 10.8. The summed E-state index contributed by atoms with van der Waals surface area (Å²) >= 11 is 3.17. The van der Waals surface area contributed by atoms with Crippen molar-refractivity contribution in [2.45, 2.75) is 0 Å². The average molecular weight is 310 g/mol. The number of carbonyl (C=O) groups is 1. The molecule has 1 heterocycles. The molecule has 0 radical (unpaired) electrons. The highest BCUT2D eigenvalue weighted by molar-refractivity contribution is 9.10. The Hall–Kier alpha value is -1.95. The van der Waals surface area contributed by atoms with Crippen molar-refractivity contribution >= 4 is 27.5 Å². The summed E-state index contributed by atoms with van der Waals surface area (Å²) in [6.07, 6.45) is 0. The Bertz CT molecular complexity index is 577. The first-order valence-electron chi connectivity index (χ1n) is 5.09. The predicted molar refractivity (Wildman–Crippen MR) is 69.4 cm³/mol. The van der Waals surface area contributed by atoms with Crippen LogP contribution in [0.1, 0.15) is 10.5 Å². The summed E-state index contributed by atoms with van der Waals surface area (Å²) in [5.74, 6) is -0.782. The van der Waals surface area contributed by atoms with E-state index in [-0.39, 0.29) is 11.5 Å². The third-order valence-corrected chi connectivity index (χ3v) is 2.53. The normalized spacial score (nSPS) is 9.89. The van der Waals surface area contributed by atoms with E-state index in [1.165, 1.54) is 12.1 Å². The Balaban J connectivity index is 2.00. The van der Waals surface area contributed by atoms with Gasteiger partial charge in [0.2, 0.25) is 0 Å². The van der Waals surface area contributed by atoms with Gasteiger partial charge in [-0.1, -0.05) is 12.1 Å². The smallest absolute Gasteiger partial charge is 0.288 e. The monoisotopic (exact) mass is 309 g/mol. The maximum absolute atomic E-state index is 12.9. The first-order valence-corrected chi connectivity index (χ1v) is 5.89. The van der Waals surface area contributed by atoms with Crippen LogP contribution >= 0.6 is 15.9 Å². The van der Waals surface area contributed by atoms with E-state index in [0.29, 0.717) is 10.3 Å². The van der Waals surface area contributed by atoms with Crippen molar-refractivity contribution in [2.24, 2.45) is 0 Å². The fourth-order valence-corrected chi connectivity index (χ4v) is 1.64. The molecule has 6 heteroatoms. The van der Waals surface area contributed by atoms with Crippen molar-refractivity contribution in [1.29, 1.82) is 0 Å². The fourth-order valence-electron chi connectivity index (χ4n) is 1.29. The number of pyridine rings is 1. The molecule has 2 rings (SSSR count). The van der Waals surface area contributed by atoms with Gasteiger partial charge in [0.05, 0.1) is 5.69 Å². The molecule has 1 amide bonds. The summed E-state index contributed by atoms with van der Waals surface area (Å²) in [4.78, 5) is 15.7. The topological polar surface area (TPSA) is 54.0 Å². The zero-order chi connectivity index (χ0) is 13.0. The van der Waals surface area contributed by atoms with Gasteiger partial charge in [-0.3, -0.25) is 15.6 Å². The third-order valence-electron chi connectivity index (χ3n) is 2.09. The van der Waals surface area contributed by atoms with Crippen molar-refractivity contribution in [3.05, 3.63) is 58.6 Å². The molecule has 1 aromatic carbocycles. The molecular formula is C12H9BrFN3O. The van der Waals surface area contributed by atoms with Crippen LogP contribution in [0.2, 0.25) is 0 Å². The van der Waals surface area contributed by atoms with Crippen molar-refractivity contribution in [3.8, 4) is 0 Å². The van der Waals surface area contributed by atoms with Gasteiger partial charge in [-0.05, 0) is 46.3 Å². The number of hydrogen-bond acceptors (Lipinski definition) is 3. The molecule has 0 unspecified atom stereocenters.